The summed E-state index contributed by atoms with van der Waals surface area (Å²) in [6.45, 7) is 0. The molecule has 0 aliphatic carbocycles. The highest BCUT2D eigenvalue weighted by Crippen LogP contribution is 2.19. The summed E-state index contributed by atoms with van der Waals surface area (Å²) in [5.41, 5.74) is 13.9. The fourth-order valence-corrected chi connectivity index (χ4v) is 5.83. The van der Waals surface area contributed by atoms with Crippen molar-refractivity contribution >= 4 is 72.9 Å². The molecular formula is C29H35IN6O8S. The van der Waals surface area contributed by atoms with Crippen molar-refractivity contribution < 1.29 is 37.5 Å². The van der Waals surface area contributed by atoms with E-state index in [0.29, 0.717) is 5.56 Å². The molecule has 0 saturated carbocycles. The highest BCUT2D eigenvalue weighted by atomic mass is 127. The van der Waals surface area contributed by atoms with E-state index in [9.17, 15) is 37.5 Å². The first-order valence-electron chi connectivity index (χ1n) is 13.8. The van der Waals surface area contributed by atoms with Crippen LogP contribution in [0.15, 0.2) is 54.7 Å². The van der Waals surface area contributed by atoms with Crippen molar-refractivity contribution in [3.63, 3.8) is 0 Å². The molecule has 0 saturated heterocycles. The fourth-order valence-electron chi connectivity index (χ4n) is 4.56. The van der Waals surface area contributed by atoms with Crippen molar-refractivity contribution in [1.29, 1.82) is 0 Å². The Morgan fingerprint density at radius 1 is 0.911 bits per heavy atom. The SMILES string of the molecule is CS(=O)(=O)CC[C@H](NC(=O)[C@H](N)Cc1c[nH]c2ccccc12)C(=O)N[C@@H](CC(=O)O)C(=O)N[C@@H](Cc1cccc(I)c1)C(N)=O. The third kappa shape index (κ3) is 11.1. The van der Waals surface area contributed by atoms with Crippen LogP contribution in [0.5, 0.6) is 0 Å². The molecule has 4 atom stereocenters. The molecular weight excluding hydrogens is 719 g/mol. The first-order valence-corrected chi connectivity index (χ1v) is 16.9. The average Bonchev–Trinajstić information content (AvgIpc) is 3.36. The number of aliphatic carboxylic acids is 1. The van der Waals surface area contributed by atoms with Gasteiger partial charge in [-0.25, -0.2) is 8.42 Å². The van der Waals surface area contributed by atoms with Crippen LogP contribution < -0.4 is 27.4 Å². The van der Waals surface area contributed by atoms with E-state index >= 15 is 0 Å². The Hall–Kier alpha value is -4.03. The first kappa shape index (κ1) is 35.4. The number of carbonyl (C=O) groups is 5. The molecule has 45 heavy (non-hydrogen) atoms. The lowest BCUT2D eigenvalue weighted by Crippen LogP contribution is -2.58. The van der Waals surface area contributed by atoms with Gasteiger partial charge in [0.1, 0.15) is 28.0 Å². The van der Waals surface area contributed by atoms with E-state index in [1.165, 1.54) is 0 Å². The predicted octanol–water partition coefficient (Wildman–Crippen LogP) is -0.266. The molecule has 9 N–H and O–H groups in total. The minimum atomic E-state index is -3.59. The van der Waals surface area contributed by atoms with E-state index in [2.05, 4.69) is 43.5 Å². The topological polar surface area (TPSA) is 244 Å². The molecule has 0 radical (unpaired) electrons. The van der Waals surface area contributed by atoms with Gasteiger partial charge in [0.15, 0.2) is 0 Å². The zero-order valence-electron chi connectivity index (χ0n) is 24.3. The smallest absolute Gasteiger partial charge is 0.305 e. The van der Waals surface area contributed by atoms with Gasteiger partial charge in [0.05, 0.1) is 18.2 Å². The maximum absolute atomic E-state index is 13.3. The molecule has 3 aromatic rings. The summed E-state index contributed by atoms with van der Waals surface area (Å²) in [7, 11) is -3.59. The van der Waals surface area contributed by atoms with Crippen LogP contribution >= 0.6 is 22.6 Å². The maximum atomic E-state index is 13.3. The fraction of sp³-hybridized carbons (Fsp3) is 0.345. The summed E-state index contributed by atoms with van der Waals surface area (Å²) in [5.74, 6) is -5.62. The number of benzene rings is 2. The minimum Gasteiger partial charge on any atom is -0.481 e. The Kier molecular flexibility index (Phi) is 12.5. The Morgan fingerprint density at radius 2 is 1.56 bits per heavy atom. The number of carboxylic acids is 1. The second kappa shape index (κ2) is 15.8. The zero-order valence-corrected chi connectivity index (χ0v) is 27.3. The molecule has 14 nitrogen and oxygen atoms in total. The molecule has 4 amide bonds. The van der Waals surface area contributed by atoms with Crippen LogP contribution in [0.4, 0.5) is 0 Å². The molecule has 0 aliphatic heterocycles. The summed E-state index contributed by atoms with van der Waals surface area (Å²) < 4.78 is 24.6. The Bertz CT molecular complexity index is 1680. The van der Waals surface area contributed by atoms with Crippen LogP contribution in [0.2, 0.25) is 0 Å². The van der Waals surface area contributed by atoms with Crippen LogP contribution in [-0.2, 0) is 46.7 Å². The number of rotatable bonds is 16. The van der Waals surface area contributed by atoms with E-state index in [-0.39, 0.29) is 19.3 Å². The quantitative estimate of drug-likeness (QED) is 0.0952. The molecule has 16 heteroatoms. The van der Waals surface area contributed by atoms with Gasteiger partial charge in [-0.3, -0.25) is 24.0 Å². The molecule has 3 rings (SSSR count). The van der Waals surface area contributed by atoms with E-state index in [4.69, 9.17) is 11.5 Å². The van der Waals surface area contributed by atoms with Gasteiger partial charge in [0.25, 0.3) is 0 Å². The second-order valence-corrected chi connectivity index (χ2v) is 14.1. The van der Waals surface area contributed by atoms with Gasteiger partial charge < -0.3 is 37.5 Å². The summed E-state index contributed by atoms with van der Waals surface area (Å²) in [4.78, 5) is 66.3. The van der Waals surface area contributed by atoms with Gasteiger partial charge in [0.2, 0.25) is 23.6 Å². The molecule has 242 valence electrons. The van der Waals surface area contributed by atoms with E-state index < -0.39 is 75.8 Å². The number of hydrogen-bond donors (Lipinski definition) is 7. The molecule has 2 aromatic carbocycles. The molecule has 0 bridgehead atoms. The van der Waals surface area contributed by atoms with E-state index in [1.807, 2.05) is 30.3 Å². The monoisotopic (exact) mass is 754 g/mol. The van der Waals surface area contributed by atoms with Crippen molar-refractivity contribution in [2.45, 2.75) is 49.9 Å². The summed E-state index contributed by atoms with van der Waals surface area (Å²) >= 11 is 2.08. The van der Waals surface area contributed by atoms with Crippen molar-refractivity contribution in [2.75, 3.05) is 12.0 Å². The maximum Gasteiger partial charge on any atom is 0.305 e. The summed E-state index contributed by atoms with van der Waals surface area (Å²) in [6.07, 6.45) is 1.50. The van der Waals surface area contributed by atoms with Gasteiger partial charge >= 0.3 is 5.97 Å². The van der Waals surface area contributed by atoms with Crippen molar-refractivity contribution in [2.24, 2.45) is 11.5 Å². The predicted molar refractivity (Wildman–Crippen MR) is 174 cm³/mol. The third-order valence-corrected chi connectivity index (χ3v) is 8.51. The van der Waals surface area contributed by atoms with Crippen LogP contribution in [0.3, 0.4) is 0 Å². The summed E-state index contributed by atoms with van der Waals surface area (Å²) in [5, 5.41) is 17.4. The number of halogens is 1. The van der Waals surface area contributed by atoms with Crippen molar-refractivity contribution in [3.8, 4) is 0 Å². The lowest BCUT2D eigenvalue weighted by atomic mass is 10.0. The van der Waals surface area contributed by atoms with E-state index in [0.717, 1.165) is 26.3 Å². The minimum absolute atomic E-state index is 0.00696. The lowest BCUT2D eigenvalue weighted by Gasteiger charge is -2.25. The number of sulfone groups is 1. The number of aromatic nitrogens is 1. The highest BCUT2D eigenvalue weighted by molar-refractivity contribution is 14.1. The number of carboxylic acid groups (broad SMARTS) is 1. The number of amides is 4. The van der Waals surface area contributed by atoms with Crippen molar-refractivity contribution in [3.05, 3.63) is 69.4 Å². The summed E-state index contributed by atoms with van der Waals surface area (Å²) in [6, 6.07) is 8.92. The molecule has 1 aromatic heterocycles. The normalized spacial score (nSPS) is 14.1. The molecule has 1 heterocycles. The number of nitrogens with two attached hydrogens (primary N) is 2. The number of aromatic amines is 1. The van der Waals surface area contributed by atoms with Crippen LogP contribution in [0, 0.1) is 3.57 Å². The number of H-pyrrole nitrogens is 1. The number of hydrogen-bond acceptors (Lipinski definition) is 8. The van der Waals surface area contributed by atoms with Gasteiger partial charge in [-0.15, -0.1) is 0 Å². The van der Waals surface area contributed by atoms with Gasteiger partial charge in [-0.2, -0.15) is 0 Å². The Morgan fingerprint density at radius 3 is 2.20 bits per heavy atom. The van der Waals surface area contributed by atoms with Gasteiger partial charge in [0, 0.05) is 33.3 Å². The number of para-hydroxylation sites is 1. The third-order valence-electron chi connectivity index (χ3n) is 6.86. The van der Waals surface area contributed by atoms with Crippen LogP contribution in [-0.4, -0.2) is 84.3 Å². The molecule has 0 unspecified atom stereocenters. The van der Waals surface area contributed by atoms with Gasteiger partial charge in [-0.05, 0) is 64.8 Å². The number of primary amides is 1. The van der Waals surface area contributed by atoms with E-state index in [1.54, 1.807) is 24.4 Å². The molecule has 0 aliphatic rings. The van der Waals surface area contributed by atoms with Crippen molar-refractivity contribution in [1.82, 2.24) is 20.9 Å². The lowest BCUT2D eigenvalue weighted by molar-refractivity contribution is -0.141. The number of carbonyl (C=O) groups excluding carboxylic acids is 4. The molecule has 0 fully saturated rings. The van der Waals surface area contributed by atoms with Crippen LogP contribution in [0.25, 0.3) is 10.9 Å². The second-order valence-electron chi connectivity index (χ2n) is 10.6. The highest BCUT2D eigenvalue weighted by Gasteiger charge is 2.32. The molecule has 0 spiro atoms. The first-order chi connectivity index (χ1) is 21.1. The Labute approximate surface area is 273 Å². The standard InChI is InChI=1S/C29H35IN6O8S/c1-45(43,44)10-9-22(34-27(40)20(31)13-17-15-33-21-8-3-2-7-19(17)21)28(41)36-24(14-25(37)38)29(42)35-23(26(32)39)12-16-5-4-6-18(30)11-16/h2-8,11,15,20,22-24,33H,9-10,12-14,31H2,1H3,(H2,32,39)(H,34,40)(H,35,42)(H,36,41)(H,37,38)/t20-,22+,23+,24+/m1/s1. The number of nitrogens with one attached hydrogen (secondary N) is 4. The zero-order chi connectivity index (χ0) is 33.3. The average molecular weight is 755 g/mol. The van der Waals surface area contributed by atoms with Gasteiger partial charge in [-0.1, -0.05) is 30.3 Å². The number of fused-ring (bicyclic) bond motifs is 1. The Balaban J connectivity index is 1.75. The van der Waals surface area contributed by atoms with Crippen LogP contribution in [0.1, 0.15) is 24.0 Å². The largest absolute Gasteiger partial charge is 0.481 e.